The highest BCUT2D eigenvalue weighted by Crippen LogP contribution is 2.12. The molecule has 1 heterocycles. The molecule has 0 saturated heterocycles. The van der Waals surface area contributed by atoms with Crippen molar-refractivity contribution in [3.63, 3.8) is 0 Å². The second-order valence-electron chi connectivity index (χ2n) is 5.00. The maximum atomic E-state index is 12.2. The fourth-order valence-electron chi connectivity index (χ4n) is 2.00. The van der Waals surface area contributed by atoms with E-state index in [-0.39, 0.29) is 12.5 Å². The van der Waals surface area contributed by atoms with Gasteiger partial charge in [0.1, 0.15) is 6.54 Å². The van der Waals surface area contributed by atoms with Crippen LogP contribution in [0.2, 0.25) is 5.02 Å². The zero-order valence-corrected chi connectivity index (χ0v) is 13.1. The summed E-state index contributed by atoms with van der Waals surface area (Å²) in [7, 11) is 3.03. The lowest BCUT2D eigenvalue weighted by Gasteiger charge is -2.18. The van der Waals surface area contributed by atoms with Crippen LogP contribution < -0.4 is 11.2 Å². The maximum absolute atomic E-state index is 12.2. The number of hydrogen-bond donors (Lipinski definition) is 0. The van der Waals surface area contributed by atoms with Crippen LogP contribution >= 0.6 is 11.6 Å². The van der Waals surface area contributed by atoms with E-state index in [1.807, 2.05) is 12.1 Å². The summed E-state index contributed by atoms with van der Waals surface area (Å²) in [6.07, 6.45) is 1.33. The summed E-state index contributed by atoms with van der Waals surface area (Å²) in [5.41, 5.74) is -0.0193. The predicted octanol–water partition coefficient (Wildman–Crippen LogP) is 0.859. The number of nitrogens with zero attached hydrogens (tertiary/aromatic N) is 3. The Morgan fingerprint density at radius 3 is 2.68 bits per heavy atom. The van der Waals surface area contributed by atoms with Gasteiger partial charge in [-0.05, 0) is 17.7 Å². The van der Waals surface area contributed by atoms with Crippen molar-refractivity contribution in [2.24, 2.45) is 7.05 Å². The van der Waals surface area contributed by atoms with Crippen LogP contribution in [-0.4, -0.2) is 27.0 Å². The molecular formula is C15H16ClN3O3. The van der Waals surface area contributed by atoms with E-state index in [0.29, 0.717) is 11.6 Å². The van der Waals surface area contributed by atoms with Crippen molar-refractivity contribution >= 4 is 17.5 Å². The van der Waals surface area contributed by atoms with Crippen molar-refractivity contribution in [2.75, 3.05) is 7.05 Å². The Bertz CT molecular complexity index is 810. The zero-order chi connectivity index (χ0) is 16.3. The molecule has 116 valence electrons. The van der Waals surface area contributed by atoms with Crippen LogP contribution in [0.15, 0.2) is 46.1 Å². The van der Waals surface area contributed by atoms with Crippen LogP contribution in [0.1, 0.15) is 5.56 Å². The van der Waals surface area contributed by atoms with E-state index in [4.69, 9.17) is 11.6 Å². The Balaban J connectivity index is 2.11. The average Bonchev–Trinajstić information content (AvgIpc) is 2.47. The summed E-state index contributed by atoms with van der Waals surface area (Å²) in [5.74, 6) is -0.235. The number of hydrogen-bond acceptors (Lipinski definition) is 3. The second-order valence-corrected chi connectivity index (χ2v) is 5.44. The number of carbonyl (C=O) groups is 1. The summed E-state index contributed by atoms with van der Waals surface area (Å²) in [6.45, 7) is 0.268. The third-order valence-electron chi connectivity index (χ3n) is 3.30. The summed E-state index contributed by atoms with van der Waals surface area (Å²) in [5, 5.41) is 0.604. The van der Waals surface area contributed by atoms with E-state index in [0.717, 1.165) is 10.1 Å². The van der Waals surface area contributed by atoms with Gasteiger partial charge >= 0.3 is 5.69 Å². The van der Waals surface area contributed by atoms with Gasteiger partial charge in [0.2, 0.25) is 5.91 Å². The van der Waals surface area contributed by atoms with E-state index in [9.17, 15) is 14.4 Å². The van der Waals surface area contributed by atoms with Gasteiger partial charge in [0, 0.05) is 37.9 Å². The molecule has 0 fully saturated rings. The molecule has 2 aromatic rings. The van der Waals surface area contributed by atoms with E-state index in [1.165, 1.54) is 28.8 Å². The average molecular weight is 322 g/mol. The molecular weight excluding hydrogens is 306 g/mol. The Morgan fingerprint density at radius 1 is 1.27 bits per heavy atom. The molecule has 2 rings (SSSR count). The van der Waals surface area contributed by atoms with Gasteiger partial charge < -0.3 is 4.90 Å². The van der Waals surface area contributed by atoms with E-state index < -0.39 is 11.2 Å². The highest BCUT2D eigenvalue weighted by Gasteiger charge is 2.12. The smallest absolute Gasteiger partial charge is 0.331 e. The standard InChI is InChI=1S/C15H16ClN3O3/c1-17(9-11-4-3-5-12(16)8-11)14(21)10-19-7-6-13(20)18(2)15(19)22/h3-8H,9-10H2,1-2H3. The lowest BCUT2D eigenvalue weighted by atomic mass is 10.2. The van der Waals surface area contributed by atoms with Gasteiger partial charge in [-0.15, -0.1) is 0 Å². The molecule has 1 amide bonds. The first-order valence-corrected chi connectivity index (χ1v) is 7.01. The Labute approximate surface area is 132 Å². The number of amides is 1. The number of aromatic nitrogens is 2. The minimum atomic E-state index is -0.517. The van der Waals surface area contributed by atoms with E-state index >= 15 is 0 Å². The Morgan fingerprint density at radius 2 is 2.00 bits per heavy atom. The molecule has 0 aliphatic heterocycles. The Kier molecular flexibility index (Phi) is 4.82. The van der Waals surface area contributed by atoms with Crippen LogP contribution in [0.25, 0.3) is 0 Å². The molecule has 0 aliphatic carbocycles. The van der Waals surface area contributed by atoms with Crippen LogP contribution in [-0.2, 0) is 24.9 Å². The van der Waals surface area contributed by atoms with E-state index in [2.05, 4.69) is 0 Å². The molecule has 0 N–H and O–H groups in total. The number of likely N-dealkylation sites (N-methyl/N-ethyl adjacent to an activating group) is 1. The van der Waals surface area contributed by atoms with Crippen molar-refractivity contribution in [3.05, 3.63) is 68.0 Å². The molecule has 1 aromatic heterocycles. The minimum Gasteiger partial charge on any atom is -0.340 e. The molecule has 0 spiro atoms. The first kappa shape index (κ1) is 16.0. The molecule has 1 aromatic carbocycles. The van der Waals surface area contributed by atoms with Crippen LogP contribution in [0.3, 0.4) is 0 Å². The van der Waals surface area contributed by atoms with Crippen LogP contribution in [0.5, 0.6) is 0 Å². The van der Waals surface area contributed by atoms with Gasteiger partial charge in [0.15, 0.2) is 0 Å². The van der Waals surface area contributed by atoms with Crippen LogP contribution in [0.4, 0.5) is 0 Å². The van der Waals surface area contributed by atoms with Gasteiger partial charge in [-0.1, -0.05) is 23.7 Å². The lowest BCUT2D eigenvalue weighted by Crippen LogP contribution is -2.40. The molecule has 0 bridgehead atoms. The molecule has 0 aliphatic rings. The second kappa shape index (κ2) is 6.62. The van der Waals surface area contributed by atoms with Crippen molar-refractivity contribution < 1.29 is 4.79 Å². The molecule has 0 saturated carbocycles. The van der Waals surface area contributed by atoms with Gasteiger partial charge in [-0.25, -0.2) is 4.79 Å². The quantitative estimate of drug-likeness (QED) is 0.839. The van der Waals surface area contributed by atoms with Gasteiger partial charge in [0.05, 0.1) is 0 Å². The van der Waals surface area contributed by atoms with Crippen molar-refractivity contribution in [2.45, 2.75) is 13.1 Å². The zero-order valence-electron chi connectivity index (χ0n) is 12.3. The number of benzene rings is 1. The number of rotatable bonds is 4. The predicted molar refractivity (Wildman–Crippen MR) is 83.9 cm³/mol. The number of halogens is 1. The fourth-order valence-corrected chi connectivity index (χ4v) is 2.21. The first-order chi connectivity index (χ1) is 10.4. The lowest BCUT2D eigenvalue weighted by molar-refractivity contribution is -0.131. The van der Waals surface area contributed by atoms with Crippen molar-refractivity contribution in [3.8, 4) is 0 Å². The third-order valence-corrected chi connectivity index (χ3v) is 3.54. The van der Waals surface area contributed by atoms with Crippen LogP contribution in [0, 0.1) is 0 Å². The minimum absolute atomic E-state index is 0.121. The normalized spacial score (nSPS) is 10.5. The maximum Gasteiger partial charge on any atom is 0.331 e. The fraction of sp³-hybridized carbons (Fsp3) is 0.267. The monoisotopic (exact) mass is 321 g/mol. The third kappa shape index (κ3) is 3.65. The highest BCUT2D eigenvalue weighted by atomic mass is 35.5. The summed E-state index contributed by atoms with van der Waals surface area (Å²) >= 11 is 5.91. The van der Waals surface area contributed by atoms with E-state index in [1.54, 1.807) is 19.2 Å². The van der Waals surface area contributed by atoms with Crippen molar-refractivity contribution in [1.82, 2.24) is 14.0 Å². The topological polar surface area (TPSA) is 64.3 Å². The summed E-state index contributed by atoms with van der Waals surface area (Å²) in [4.78, 5) is 36.9. The summed E-state index contributed by atoms with van der Waals surface area (Å²) in [6, 6.07) is 8.48. The first-order valence-electron chi connectivity index (χ1n) is 6.63. The molecule has 22 heavy (non-hydrogen) atoms. The molecule has 0 radical (unpaired) electrons. The molecule has 0 atom stereocenters. The van der Waals surface area contributed by atoms with Gasteiger partial charge in [-0.2, -0.15) is 0 Å². The molecule has 0 unspecified atom stereocenters. The van der Waals surface area contributed by atoms with Gasteiger partial charge in [-0.3, -0.25) is 18.7 Å². The Hall–Kier alpha value is -2.34. The summed E-state index contributed by atoms with van der Waals surface area (Å²) < 4.78 is 2.17. The number of carbonyl (C=O) groups excluding carboxylic acids is 1. The highest BCUT2D eigenvalue weighted by molar-refractivity contribution is 6.30. The molecule has 7 heteroatoms. The SMILES string of the molecule is CN(Cc1cccc(Cl)c1)C(=O)Cn1ccc(=O)n(C)c1=O. The molecule has 6 nitrogen and oxygen atoms in total. The van der Waals surface area contributed by atoms with Crippen molar-refractivity contribution in [1.29, 1.82) is 0 Å². The largest absolute Gasteiger partial charge is 0.340 e. The van der Waals surface area contributed by atoms with Gasteiger partial charge in [0.25, 0.3) is 5.56 Å².